The average Bonchev–Trinajstić information content (AvgIpc) is 2.57. The average molecular weight is 339 g/mol. The van der Waals surface area contributed by atoms with Crippen LogP contribution in [0.4, 0.5) is 0 Å². The second-order valence-corrected chi connectivity index (χ2v) is 6.85. The minimum Gasteiger partial charge on any atom is -0.481 e. The molecule has 0 aromatic heterocycles. The second kappa shape index (κ2) is 8.70. The van der Waals surface area contributed by atoms with Gasteiger partial charge in [0.1, 0.15) is 5.75 Å². The summed E-state index contributed by atoms with van der Waals surface area (Å²) in [6.45, 7) is 10.7. The summed E-state index contributed by atoms with van der Waals surface area (Å²) in [5.74, 6) is 0.724. The van der Waals surface area contributed by atoms with Gasteiger partial charge in [-0.1, -0.05) is 35.9 Å². The van der Waals surface area contributed by atoms with Crippen LogP contribution < -0.4 is 10.1 Å². The molecule has 1 amide bonds. The van der Waals surface area contributed by atoms with Gasteiger partial charge < -0.3 is 10.1 Å². The fraction of sp³-hybridized carbons (Fsp3) is 0.409. The van der Waals surface area contributed by atoms with Crippen LogP contribution in [0.2, 0.25) is 0 Å². The van der Waals surface area contributed by atoms with E-state index in [1.165, 1.54) is 16.7 Å². The molecule has 0 aliphatic carbocycles. The molecule has 3 nitrogen and oxygen atoms in total. The first-order chi connectivity index (χ1) is 11.9. The monoisotopic (exact) mass is 339 g/mol. The Morgan fingerprint density at radius 2 is 1.72 bits per heavy atom. The highest BCUT2D eigenvalue weighted by atomic mass is 16.5. The van der Waals surface area contributed by atoms with Crippen LogP contribution in [0.1, 0.15) is 41.2 Å². The number of ether oxygens (including phenoxy) is 1. The molecule has 1 N–H and O–H groups in total. The molecule has 0 aliphatic heterocycles. The molecule has 0 fully saturated rings. The van der Waals surface area contributed by atoms with Crippen LogP contribution in [0.25, 0.3) is 0 Å². The largest absolute Gasteiger partial charge is 0.481 e. The van der Waals surface area contributed by atoms with E-state index in [0.29, 0.717) is 6.54 Å². The van der Waals surface area contributed by atoms with E-state index in [9.17, 15) is 4.79 Å². The van der Waals surface area contributed by atoms with Crippen molar-refractivity contribution in [2.75, 3.05) is 6.54 Å². The highest BCUT2D eigenvalue weighted by molar-refractivity contribution is 5.80. The van der Waals surface area contributed by atoms with E-state index in [-0.39, 0.29) is 5.91 Å². The van der Waals surface area contributed by atoms with Crippen LogP contribution in [-0.4, -0.2) is 18.6 Å². The third-order valence-electron chi connectivity index (χ3n) is 4.50. The lowest BCUT2D eigenvalue weighted by atomic mass is 10.1. The van der Waals surface area contributed by atoms with E-state index in [0.717, 1.165) is 29.7 Å². The summed E-state index contributed by atoms with van der Waals surface area (Å²) in [4.78, 5) is 12.2. The van der Waals surface area contributed by atoms with Gasteiger partial charge in [0.2, 0.25) is 0 Å². The standard InChI is InChI=1S/C22H29NO2/c1-15-8-10-20(11-9-15)7-6-12-23-22(24)19(5)25-21-14-16(2)13-17(3)18(21)4/h8-11,13-14,19H,6-7,12H2,1-5H3,(H,23,24). The zero-order valence-corrected chi connectivity index (χ0v) is 16.0. The molecule has 0 aliphatic rings. The Kier molecular flexibility index (Phi) is 6.63. The van der Waals surface area contributed by atoms with Gasteiger partial charge in [-0.15, -0.1) is 0 Å². The highest BCUT2D eigenvalue weighted by Crippen LogP contribution is 2.24. The fourth-order valence-electron chi connectivity index (χ4n) is 2.77. The normalized spacial score (nSPS) is 11.9. The third-order valence-corrected chi connectivity index (χ3v) is 4.50. The number of benzene rings is 2. The summed E-state index contributed by atoms with van der Waals surface area (Å²) >= 11 is 0. The molecule has 2 aromatic rings. The Morgan fingerprint density at radius 3 is 2.40 bits per heavy atom. The van der Waals surface area contributed by atoms with Crippen molar-refractivity contribution in [1.29, 1.82) is 0 Å². The van der Waals surface area contributed by atoms with Crippen LogP contribution in [0.5, 0.6) is 5.75 Å². The van der Waals surface area contributed by atoms with E-state index in [4.69, 9.17) is 4.74 Å². The van der Waals surface area contributed by atoms with Crippen molar-refractivity contribution in [2.24, 2.45) is 0 Å². The van der Waals surface area contributed by atoms with Gasteiger partial charge in [-0.05, 0) is 75.8 Å². The lowest BCUT2D eigenvalue weighted by Gasteiger charge is -2.18. The molecule has 0 spiro atoms. The van der Waals surface area contributed by atoms with Crippen LogP contribution in [0.15, 0.2) is 36.4 Å². The van der Waals surface area contributed by atoms with Crippen molar-refractivity contribution < 1.29 is 9.53 Å². The first-order valence-electron chi connectivity index (χ1n) is 8.94. The second-order valence-electron chi connectivity index (χ2n) is 6.85. The maximum absolute atomic E-state index is 12.2. The van der Waals surface area contributed by atoms with Gasteiger partial charge in [-0.3, -0.25) is 4.79 Å². The first-order valence-corrected chi connectivity index (χ1v) is 8.94. The molecule has 0 heterocycles. The number of amides is 1. The summed E-state index contributed by atoms with van der Waals surface area (Å²) < 4.78 is 5.89. The highest BCUT2D eigenvalue weighted by Gasteiger charge is 2.16. The number of rotatable bonds is 7. The number of carbonyl (C=O) groups excluding carboxylic acids is 1. The summed E-state index contributed by atoms with van der Waals surface area (Å²) in [5, 5.41) is 2.97. The van der Waals surface area contributed by atoms with E-state index in [2.05, 4.69) is 49.5 Å². The number of nitrogens with one attached hydrogen (secondary N) is 1. The summed E-state index contributed by atoms with van der Waals surface area (Å²) in [6, 6.07) is 12.6. The topological polar surface area (TPSA) is 38.3 Å². The van der Waals surface area contributed by atoms with Crippen LogP contribution in [0, 0.1) is 27.7 Å². The Bertz CT molecular complexity index is 720. The van der Waals surface area contributed by atoms with E-state index in [1.54, 1.807) is 6.92 Å². The van der Waals surface area contributed by atoms with Crippen molar-refractivity contribution in [3.8, 4) is 5.75 Å². The predicted octanol–water partition coefficient (Wildman–Crippen LogP) is 4.44. The molecular formula is C22H29NO2. The molecule has 0 radical (unpaired) electrons. The minimum atomic E-state index is -0.501. The predicted molar refractivity (Wildman–Crippen MR) is 103 cm³/mol. The fourth-order valence-corrected chi connectivity index (χ4v) is 2.77. The summed E-state index contributed by atoms with van der Waals surface area (Å²) in [6.07, 6.45) is 1.38. The zero-order chi connectivity index (χ0) is 18.4. The number of hydrogen-bond acceptors (Lipinski definition) is 2. The van der Waals surface area contributed by atoms with Crippen molar-refractivity contribution in [3.63, 3.8) is 0 Å². The molecule has 134 valence electrons. The minimum absolute atomic E-state index is 0.0672. The Labute approximate surface area is 151 Å². The summed E-state index contributed by atoms with van der Waals surface area (Å²) in [5.41, 5.74) is 5.98. The molecule has 2 aromatic carbocycles. The maximum atomic E-state index is 12.2. The molecule has 2 rings (SSSR count). The third kappa shape index (κ3) is 5.63. The van der Waals surface area contributed by atoms with Crippen LogP contribution in [-0.2, 0) is 11.2 Å². The van der Waals surface area contributed by atoms with E-state index < -0.39 is 6.10 Å². The Hall–Kier alpha value is -2.29. The quantitative estimate of drug-likeness (QED) is 0.758. The molecule has 3 heteroatoms. The Morgan fingerprint density at radius 1 is 1.04 bits per heavy atom. The van der Waals surface area contributed by atoms with Gasteiger partial charge in [-0.2, -0.15) is 0 Å². The SMILES string of the molecule is Cc1ccc(CCCNC(=O)C(C)Oc2cc(C)cc(C)c2C)cc1. The van der Waals surface area contributed by atoms with E-state index >= 15 is 0 Å². The smallest absolute Gasteiger partial charge is 0.260 e. The lowest BCUT2D eigenvalue weighted by molar-refractivity contribution is -0.127. The van der Waals surface area contributed by atoms with E-state index in [1.807, 2.05) is 19.9 Å². The number of aryl methyl sites for hydroxylation is 4. The van der Waals surface area contributed by atoms with Crippen LogP contribution in [0.3, 0.4) is 0 Å². The Balaban J connectivity index is 1.79. The first kappa shape index (κ1) is 19.0. The molecule has 1 atom stereocenters. The molecule has 1 unspecified atom stereocenters. The van der Waals surface area contributed by atoms with Gasteiger partial charge in [0.25, 0.3) is 5.91 Å². The van der Waals surface area contributed by atoms with Crippen molar-refractivity contribution in [3.05, 3.63) is 64.2 Å². The van der Waals surface area contributed by atoms with Crippen LogP contribution >= 0.6 is 0 Å². The van der Waals surface area contributed by atoms with Crippen molar-refractivity contribution in [2.45, 2.75) is 53.6 Å². The van der Waals surface area contributed by atoms with Crippen molar-refractivity contribution in [1.82, 2.24) is 5.32 Å². The van der Waals surface area contributed by atoms with Gasteiger partial charge in [0.05, 0.1) is 0 Å². The molecule has 25 heavy (non-hydrogen) atoms. The molecule has 0 bridgehead atoms. The zero-order valence-electron chi connectivity index (χ0n) is 16.0. The number of hydrogen-bond donors (Lipinski definition) is 1. The summed E-state index contributed by atoms with van der Waals surface area (Å²) in [7, 11) is 0. The van der Waals surface area contributed by atoms with Gasteiger partial charge in [0, 0.05) is 6.54 Å². The van der Waals surface area contributed by atoms with Gasteiger partial charge in [-0.25, -0.2) is 0 Å². The molecular weight excluding hydrogens is 310 g/mol. The maximum Gasteiger partial charge on any atom is 0.260 e. The van der Waals surface area contributed by atoms with Gasteiger partial charge >= 0.3 is 0 Å². The lowest BCUT2D eigenvalue weighted by Crippen LogP contribution is -2.37. The van der Waals surface area contributed by atoms with Gasteiger partial charge in [0.15, 0.2) is 6.10 Å². The van der Waals surface area contributed by atoms with Crippen molar-refractivity contribution >= 4 is 5.91 Å². The number of carbonyl (C=O) groups is 1. The molecule has 0 saturated heterocycles. The molecule has 0 saturated carbocycles.